The van der Waals surface area contributed by atoms with Gasteiger partial charge in [0, 0.05) is 19.0 Å². The molecule has 3 rings (SSSR count). The minimum Gasteiger partial charge on any atom is -0.370 e. The molecule has 0 radical (unpaired) electrons. The summed E-state index contributed by atoms with van der Waals surface area (Å²) in [6.45, 7) is 3.07. The largest absolute Gasteiger partial charge is 0.370 e. The van der Waals surface area contributed by atoms with E-state index in [9.17, 15) is 4.79 Å². The molecule has 1 amide bonds. The number of nitrogens with one attached hydrogen (secondary N) is 1. The second-order valence-electron chi connectivity index (χ2n) is 5.61. The van der Waals surface area contributed by atoms with Crippen LogP contribution in [0.2, 0.25) is 0 Å². The second-order valence-corrected chi connectivity index (χ2v) is 5.61. The zero-order valence-electron chi connectivity index (χ0n) is 12.2. The van der Waals surface area contributed by atoms with E-state index in [0.29, 0.717) is 25.6 Å². The van der Waals surface area contributed by atoms with Crippen molar-refractivity contribution in [2.75, 3.05) is 26.2 Å². The molecule has 1 N–H and O–H groups in total. The van der Waals surface area contributed by atoms with Gasteiger partial charge in [-0.2, -0.15) is 0 Å². The van der Waals surface area contributed by atoms with E-state index in [0.717, 1.165) is 25.1 Å². The number of morpholine rings is 1. The zero-order chi connectivity index (χ0) is 13.8. The fourth-order valence-corrected chi connectivity index (χ4v) is 3.02. The highest BCUT2D eigenvalue weighted by molar-refractivity contribution is 5.85. The van der Waals surface area contributed by atoms with Crippen LogP contribution in [0.4, 0.5) is 0 Å². The summed E-state index contributed by atoms with van der Waals surface area (Å²) in [5, 5.41) is 3.39. The van der Waals surface area contributed by atoms with Gasteiger partial charge in [-0.25, -0.2) is 0 Å². The van der Waals surface area contributed by atoms with Crippen molar-refractivity contribution in [3.8, 4) is 0 Å². The van der Waals surface area contributed by atoms with Crippen LogP contribution in [0.5, 0.6) is 0 Å². The molecule has 2 saturated heterocycles. The first-order valence-electron chi connectivity index (χ1n) is 7.50. The summed E-state index contributed by atoms with van der Waals surface area (Å²) in [4.78, 5) is 14.3. The first kappa shape index (κ1) is 16.3. The van der Waals surface area contributed by atoms with Crippen LogP contribution in [0.15, 0.2) is 30.3 Å². The van der Waals surface area contributed by atoms with Crippen LogP contribution in [-0.4, -0.2) is 43.1 Å². The van der Waals surface area contributed by atoms with Crippen molar-refractivity contribution in [2.24, 2.45) is 0 Å². The van der Waals surface area contributed by atoms with Gasteiger partial charge in [-0.05, 0) is 24.9 Å². The Balaban J connectivity index is 0.00000161. The molecule has 4 nitrogen and oxygen atoms in total. The van der Waals surface area contributed by atoms with Crippen molar-refractivity contribution in [3.05, 3.63) is 35.9 Å². The maximum Gasteiger partial charge on any atom is 0.224 e. The number of benzene rings is 1. The quantitative estimate of drug-likeness (QED) is 0.930. The van der Waals surface area contributed by atoms with Crippen LogP contribution in [0, 0.1) is 0 Å². The van der Waals surface area contributed by atoms with Crippen molar-refractivity contribution in [3.63, 3.8) is 0 Å². The molecule has 2 atom stereocenters. The molecular formula is C16H23ClN2O2. The van der Waals surface area contributed by atoms with E-state index in [4.69, 9.17) is 4.74 Å². The molecular weight excluding hydrogens is 288 g/mol. The highest BCUT2D eigenvalue weighted by atomic mass is 35.5. The van der Waals surface area contributed by atoms with Gasteiger partial charge < -0.3 is 15.0 Å². The van der Waals surface area contributed by atoms with Gasteiger partial charge in [-0.15, -0.1) is 12.4 Å². The first-order chi connectivity index (χ1) is 9.83. The zero-order valence-corrected chi connectivity index (χ0v) is 13.0. The minimum absolute atomic E-state index is 0. The SMILES string of the molecule is Cl.O=C(CC1CCCN1)N1CCOC(c2ccccc2)C1. The number of rotatable bonds is 3. The highest BCUT2D eigenvalue weighted by Gasteiger charge is 2.27. The summed E-state index contributed by atoms with van der Waals surface area (Å²) in [5.41, 5.74) is 1.16. The average molecular weight is 311 g/mol. The van der Waals surface area contributed by atoms with Gasteiger partial charge in [0.25, 0.3) is 0 Å². The Morgan fingerprint density at radius 3 is 2.86 bits per heavy atom. The smallest absolute Gasteiger partial charge is 0.224 e. The minimum atomic E-state index is 0. The predicted octanol–water partition coefficient (Wildman–Crippen LogP) is 2.15. The van der Waals surface area contributed by atoms with E-state index in [2.05, 4.69) is 17.4 Å². The Hall–Kier alpha value is -1.10. The van der Waals surface area contributed by atoms with Crippen LogP contribution >= 0.6 is 12.4 Å². The van der Waals surface area contributed by atoms with Crippen molar-refractivity contribution < 1.29 is 9.53 Å². The molecule has 0 aliphatic carbocycles. The Morgan fingerprint density at radius 1 is 1.33 bits per heavy atom. The Bertz CT molecular complexity index is 449. The van der Waals surface area contributed by atoms with Crippen LogP contribution in [0.1, 0.15) is 30.9 Å². The number of halogens is 1. The van der Waals surface area contributed by atoms with Crippen LogP contribution in [0.3, 0.4) is 0 Å². The molecule has 21 heavy (non-hydrogen) atoms. The Morgan fingerprint density at radius 2 is 2.14 bits per heavy atom. The molecule has 2 aliphatic rings. The number of carbonyl (C=O) groups excluding carboxylic acids is 1. The lowest BCUT2D eigenvalue weighted by Crippen LogP contribution is -2.44. The lowest BCUT2D eigenvalue weighted by Gasteiger charge is -2.33. The maximum absolute atomic E-state index is 12.4. The number of hydrogen-bond donors (Lipinski definition) is 1. The number of carbonyl (C=O) groups is 1. The third kappa shape index (κ3) is 4.19. The Kier molecular flexibility index (Phi) is 6.03. The van der Waals surface area contributed by atoms with Crippen LogP contribution < -0.4 is 5.32 Å². The van der Waals surface area contributed by atoms with Gasteiger partial charge in [0.15, 0.2) is 0 Å². The number of hydrogen-bond acceptors (Lipinski definition) is 3. The van der Waals surface area contributed by atoms with Gasteiger partial charge in [0.1, 0.15) is 6.10 Å². The molecule has 0 bridgehead atoms. The van der Waals surface area contributed by atoms with E-state index in [1.807, 2.05) is 23.1 Å². The third-order valence-electron chi connectivity index (χ3n) is 4.17. The molecule has 0 spiro atoms. The van der Waals surface area contributed by atoms with Crippen LogP contribution in [-0.2, 0) is 9.53 Å². The molecule has 0 aromatic heterocycles. The summed E-state index contributed by atoms with van der Waals surface area (Å²) in [6, 6.07) is 10.5. The van der Waals surface area contributed by atoms with Gasteiger partial charge in [0.2, 0.25) is 5.91 Å². The lowest BCUT2D eigenvalue weighted by molar-refractivity contribution is -0.139. The van der Waals surface area contributed by atoms with E-state index in [-0.39, 0.29) is 24.4 Å². The monoisotopic (exact) mass is 310 g/mol. The molecule has 2 aliphatic heterocycles. The molecule has 2 fully saturated rings. The van der Waals surface area contributed by atoms with Crippen molar-refractivity contribution in [1.82, 2.24) is 10.2 Å². The summed E-state index contributed by atoms with van der Waals surface area (Å²) < 4.78 is 5.80. The van der Waals surface area contributed by atoms with Crippen molar-refractivity contribution >= 4 is 18.3 Å². The summed E-state index contributed by atoms with van der Waals surface area (Å²) in [7, 11) is 0. The van der Waals surface area contributed by atoms with Crippen molar-refractivity contribution in [1.29, 1.82) is 0 Å². The number of nitrogens with zero attached hydrogens (tertiary/aromatic N) is 1. The molecule has 2 unspecified atom stereocenters. The molecule has 116 valence electrons. The topological polar surface area (TPSA) is 41.6 Å². The standard InChI is InChI=1S/C16H22N2O2.ClH/c19-16(11-14-7-4-8-17-14)18-9-10-20-15(12-18)13-5-2-1-3-6-13;/h1-3,5-6,14-15,17H,4,7-12H2;1H. The van der Waals surface area contributed by atoms with Gasteiger partial charge >= 0.3 is 0 Å². The van der Waals surface area contributed by atoms with Gasteiger partial charge in [-0.3, -0.25) is 4.79 Å². The molecule has 2 heterocycles. The fraction of sp³-hybridized carbons (Fsp3) is 0.562. The molecule has 1 aromatic rings. The first-order valence-corrected chi connectivity index (χ1v) is 7.50. The van der Waals surface area contributed by atoms with E-state index in [1.165, 1.54) is 6.42 Å². The summed E-state index contributed by atoms with van der Waals surface area (Å²) >= 11 is 0. The van der Waals surface area contributed by atoms with E-state index >= 15 is 0 Å². The molecule has 0 saturated carbocycles. The van der Waals surface area contributed by atoms with Crippen molar-refractivity contribution in [2.45, 2.75) is 31.4 Å². The van der Waals surface area contributed by atoms with E-state index in [1.54, 1.807) is 0 Å². The predicted molar refractivity (Wildman–Crippen MR) is 84.6 cm³/mol. The van der Waals surface area contributed by atoms with Crippen LogP contribution in [0.25, 0.3) is 0 Å². The normalized spacial score (nSPS) is 25.4. The third-order valence-corrected chi connectivity index (χ3v) is 4.17. The number of amides is 1. The number of ether oxygens (including phenoxy) is 1. The lowest BCUT2D eigenvalue weighted by atomic mass is 10.1. The summed E-state index contributed by atoms with van der Waals surface area (Å²) in [6.07, 6.45) is 2.96. The highest BCUT2D eigenvalue weighted by Crippen LogP contribution is 2.23. The van der Waals surface area contributed by atoms with Gasteiger partial charge in [-0.1, -0.05) is 30.3 Å². The van der Waals surface area contributed by atoms with E-state index < -0.39 is 0 Å². The van der Waals surface area contributed by atoms with Gasteiger partial charge in [0.05, 0.1) is 13.2 Å². The average Bonchev–Trinajstić information content (AvgIpc) is 3.01. The molecule has 5 heteroatoms. The molecule has 1 aromatic carbocycles. The fourth-order valence-electron chi connectivity index (χ4n) is 3.02. The second kappa shape index (κ2) is 7.78. The Labute approximate surface area is 132 Å². The maximum atomic E-state index is 12.4. The summed E-state index contributed by atoms with van der Waals surface area (Å²) in [5.74, 6) is 0.258.